The minimum atomic E-state index is -0.348. The highest BCUT2D eigenvalue weighted by atomic mass is 32.1. The molecule has 4 N–H and O–H groups in total. The second-order valence-electron chi connectivity index (χ2n) is 8.00. The number of anilines is 2. The molecule has 28 heavy (non-hydrogen) atoms. The summed E-state index contributed by atoms with van der Waals surface area (Å²) in [4.78, 5) is 18.4. The summed E-state index contributed by atoms with van der Waals surface area (Å²) in [6.45, 7) is 2.01. The van der Waals surface area contributed by atoms with Gasteiger partial charge in [-0.05, 0) is 38.7 Å². The van der Waals surface area contributed by atoms with Gasteiger partial charge in [-0.15, -0.1) is 11.3 Å². The third kappa shape index (κ3) is 3.00. The van der Waals surface area contributed by atoms with E-state index >= 15 is 0 Å². The number of hydrogen-bond acceptors (Lipinski definition) is 8. The Balaban J connectivity index is 1.63. The fourth-order valence-corrected chi connectivity index (χ4v) is 5.27. The average molecular weight is 397 g/mol. The maximum atomic E-state index is 10.0. The van der Waals surface area contributed by atoms with Crippen LogP contribution in [0.1, 0.15) is 55.8 Å². The molecular formula is C20H24N6OS. The summed E-state index contributed by atoms with van der Waals surface area (Å²) in [6, 6.07) is 2.02. The van der Waals surface area contributed by atoms with Crippen LogP contribution in [0.5, 0.6) is 0 Å². The number of nitrogens with zero attached hydrogens (tertiary/aromatic N) is 4. The van der Waals surface area contributed by atoms with Crippen LogP contribution in [0, 0.1) is 6.92 Å². The van der Waals surface area contributed by atoms with Gasteiger partial charge in [0.1, 0.15) is 16.3 Å². The first-order chi connectivity index (χ1) is 13.6. The highest BCUT2D eigenvalue weighted by molar-refractivity contribution is 7.21. The van der Waals surface area contributed by atoms with Gasteiger partial charge in [0.25, 0.3) is 0 Å². The van der Waals surface area contributed by atoms with Crippen molar-refractivity contribution < 1.29 is 5.11 Å². The van der Waals surface area contributed by atoms with Crippen molar-refractivity contribution >= 4 is 33.3 Å². The quantitative estimate of drug-likeness (QED) is 0.604. The second-order valence-corrected chi connectivity index (χ2v) is 9.03. The number of rotatable bonds is 5. The molecule has 0 radical (unpaired) electrons. The van der Waals surface area contributed by atoms with E-state index in [4.69, 9.17) is 10.7 Å². The number of nitrogens with one attached hydrogen (secondary N) is 1. The lowest BCUT2D eigenvalue weighted by Gasteiger charge is -2.29. The second kappa shape index (κ2) is 6.63. The van der Waals surface area contributed by atoms with Gasteiger partial charge in [0.2, 0.25) is 5.95 Å². The molecule has 0 atom stereocenters. The Morgan fingerprint density at radius 2 is 2.04 bits per heavy atom. The number of nitrogen functional groups attached to an aromatic ring is 1. The molecule has 0 unspecified atom stereocenters. The summed E-state index contributed by atoms with van der Waals surface area (Å²) >= 11 is 1.63. The molecule has 0 aliphatic heterocycles. The van der Waals surface area contributed by atoms with Crippen LogP contribution in [-0.4, -0.2) is 37.2 Å². The van der Waals surface area contributed by atoms with Crippen LogP contribution < -0.4 is 11.1 Å². The Morgan fingerprint density at radius 3 is 2.75 bits per heavy atom. The van der Waals surface area contributed by atoms with E-state index in [1.54, 1.807) is 11.3 Å². The van der Waals surface area contributed by atoms with Crippen molar-refractivity contribution in [1.29, 1.82) is 0 Å². The summed E-state index contributed by atoms with van der Waals surface area (Å²) < 4.78 is 1.13. The molecule has 0 spiro atoms. The number of aromatic nitrogens is 4. The van der Waals surface area contributed by atoms with E-state index in [-0.39, 0.29) is 18.1 Å². The van der Waals surface area contributed by atoms with Crippen LogP contribution in [0.25, 0.3) is 20.8 Å². The van der Waals surface area contributed by atoms with Gasteiger partial charge in [-0.2, -0.15) is 4.98 Å². The molecule has 2 fully saturated rings. The van der Waals surface area contributed by atoms with Gasteiger partial charge in [-0.3, -0.25) is 4.98 Å². The zero-order valence-electron chi connectivity index (χ0n) is 15.9. The zero-order chi connectivity index (χ0) is 19.3. The topological polar surface area (TPSA) is 110 Å². The molecule has 3 aromatic rings. The maximum Gasteiger partial charge on any atom is 0.222 e. The summed E-state index contributed by atoms with van der Waals surface area (Å²) in [5.41, 5.74) is 9.37. The molecule has 2 aliphatic rings. The van der Waals surface area contributed by atoms with Crippen LogP contribution in [0.3, 0.4) is 0 Å². The summed E-state index contributed by atoms with van der Waals surface area (Å²) in [7, 11) is 0. The Bertz CT molecular complexity index is 1040. The van der Waals surface area contributed by atoms with Crippen molar-refractivity contribution in [3.05, 3.63) is 23.7 Å². The van der Waals surface area contributed by atoms with Gasteiger partial charge in [-0.1, -0.05) is 12.8 Å². The SMILES string of the molecule is Cc1nc(N)nc(NC2(CO)CCCC2)c1-c1nc2c(C3CC3)nccc2s1. The van der Waals surface area contributed by atoms with E-state index in [2.05, 4.69) is 20.3 Å². The van der Waals surface area contributed by atoms with Crippen molar-refractivity contribution in [2.75, 3.05) is 17.7 Å². The van der Waals surface area contributed by atoms with Crippen LogP contribution in [-0.2, 0) is 0 Å². The van der Waals surface area contributed by atoms with E-state index in [1.807, 2.05) is 19.2 Å². The van der Waals surface area contributed by atoms with Gasteiger partial charge >= 0.3 is 0 Å². The van der Waals surface area contributed by atoms with Crippen LogP contribution in [0.2, 0.25) is 0 Å². The Morgan fingerprint density at radius 1 is 1.25 bits per heavy atom. The van der Waals surface area contributed by atoms with Crippen LogP contribution in [0.4, 0.5) is 11.8 Å². The smallest absolute Gasteiger partial charge is 0.222 e. The molecule has 5 rings (SSSR count). The molecule has 3 aromatic heterocycles. The normalized spacial score (nSPS) is 18.6. The summed E-state index contributed by atoms with van der Waals surface area (Å²) in [6.07, 6.45) is 8.29. The molecule has 0 aromatic carbocycles. The molecule has 3 heterocycles. The van der Waals surface area contributed by atoms with E-state index in [1.165, 1.54) is 12.8 Å². The lowest BCUT2D eigenvalue weighted by Crippen LogP contribution is -2.39. The zero-order valence-corrected chi connectivity index (χ0v) is 16.7. The van der Waals surface area contributed by atoms with E-state index < -0.39 is 0 Å². The van der Waals surface area contributed by atoms with Gasteiger partial charge < -0.3 is 16.2 Å². The van der Waals surface area contributed by atoms with Crippen molar-refractivity contribution in [2.45, 2.75) is 56.9 Å². The third-order valence-electron chi connectivity index (χ3n) is 5.87. The molecule has 146 valence electrons. The van der Waals surface area contributed by atoms with Crippen molar-refractivity contribution in [3.8, 4) is 10.6 Å². The molecule has 2 saturated carbocycles. The van der Waals surface area contributed by atoms with E-state index in [0.29, 0.717) is 11.7 Å². The maximum absolute atomic E-state index is 10.0. The van der Waals surface area contributed by atoms with Crippen LogP contribution in [0.15, 0.2) is 12.3 Å². The predicted molar refractivity (Wildman–Crippen MR) is 111 cm³/mol. The minimum Gasteiger partial charge on any atom is -0.394 e. The van der Waals surface area contributed by atoms with Crippen molar-refractivity contribution in [2.24, 2.45) is 0 Å². The highest BCUT2D eigenvalue weighted by Crippen LogP contribution is 2.44. The number of aliphatic hydroxyl groups excluding tert-OH is 1. The molecular weight excluding hydrogens is 372 g/mol. The first-order valence-electron chi connectivity index (χ1n) is 9.87. The number of fused-ring (bicyclic) bond motifs is 1. The first-order valence-corrected chi connectivity index (χ1v) is 10.7. The summed E-state index contributed by atoms with van der Waals surface area (Å²) in [5.74, 6) is 1.44. The van der Waals surface area contributed by atoms with E-state index in [9.17, 15) is 5.11 Å². The predicted octanol–water partition coefficient (Wildman–Crippen LogP) is 3.63. The Labute approximate surface area is 167 Å². The molecule has 0 amide bonds. The number of hydrogen-bond donors (Lipinski definition) is 3. The lowest BCUT2D eigenvalue weighted by atomic mass is 9.98. The van der Waals surface area contributed by atoms with E-state index in [0.717, 1.165) is 57.9 Å². The van der Waals surface area contributed by atoms with Gasteiger partial charge in [0.15, 0.2) is 0 Å². The molecule has 0 saturated heterocycles. The standard InChI is InChI=1S/C20H24N6OS/c1-11-14(17(25-19(21)23-11)26-20(10-27)7-2-3-8-20)18-24-16-13(28-18)6-9-22-15(16)12-4-5-12/h6,9,12,27H,2-5,7-8,10H2,1H3,(H3,21,23,25,26). The van der Waals surface area contributed by atoms with Crippen molar-refractivity contribution in [3.63, 3.8) is 0 Å². The Kier molecular flexibility index (Phi) is 4.21. The Hall–Kier alpha value is -2.32. The highest BCUT2D eigenvalue weighted by Gasteiger charge is 2.35. The average Bonchev–Trinajstić information content (AvgIpc) is 3.25. The molecule has 8 heteroatoms. The minimum absolute atomic E-state index is 0.0744. The molecule has 0 bridgehead atoms. The number of aliphatic hydroxyl groups is 1. The number of aryl methyl sites for hydroxylation is 1. The number of pyridine rings is 1. The monoisotopic (exact) mass is 396 g/mol. The number of nitrogens with two attached hydrogens (primary N) is 1. The molecule has 2 aliphatic carbocycles. The van der Waals surface area contributed by atoms with Gasteiger partial charge in [-0.25, -0.2) is 9.97 Å². The molecule has 7 nitrogen and oxygen atoms in total. The fourth-order valence-electron chi connectivity index (χ4n) is 4.20. The lowest BCUT2D eigenvalue weighted by molar-refractivity contribution is 0.214. The largest absolute Gasteiger partial charge is 0.394 e. The van der Waals surface area contributed by atoms with Crippen LogP contribution >= 0.6 is 11.3 Å². The first kappa shape index (κ1) is 17.8. The van der Waals surface area contributed by atoms with Gasteiger partial charge in [0, 0.05) is 12.1 Å². The third-order valence-corrected chi connectivity index (χ3v) is 6.91. The fraction of sp³-hybridized carbons (Fsp3) is 0.500. The van der Waals surface area contributed by atoms with Crippen molar-refractivity contribution in [1.82, 2.24) is 19.9 Å². The summed E-state index contributed by atoms with van der Waals surface area (Å²) in [5, 5.41) is 14.4. The van der Waals surface area contributed by atoms with Gasteiger partial charge in [0.05, 0.1) is 33.8 Å². The number of thiazole rings is 1.